The number of carbonyl (C=O) groups is 2. The van der Waals surface area contributed by atoms with Crippen molar-refractivity contribution in [2.75, 3.05) is 12.4 Å². The van der Waals surface area contributed by atoms with Crippen LogP contribution in [-0.4, -0.2) is 30.2 Å². The number of hydrogen-bond donors (Lipinski definition) is 2. The molecule has 1 aliphatic carbocycles. The van der Waals surface area contributed by atoms with Crippen molar-refractivity contribution in [2.24, 2.45) is 0 Å². The summed E-state index contributed by atoms with van der Waals surface area (Å²) in [6, 6.07) is 3.29. The van der Waals surface area contributed by atoms with E-state index in [4.69, 9.17) is 4.74 Å². The number of benzene rings is 1. The molecule has 0 radical (unpaired) electrons. The summed E-state index contributed by atoms with van der Waals surface area (Å²) in [5.41, 5.74) is 1.17. The molecule has 1 fully saturated rings. The zero-order valence-electron chi connectivity index (χ0n) is 10.9. The normalized spacial score (nSPS) is 27.6. The lowest BCUT2D eigenvalue weighted by molar-refractivity contribution is -0.120. The topological polar surface area (TPSA) is 75.6 Å². The van der Waals surface area contributed by atoms with Gasteiger partial charge in [-0.05, 0) is 31.4 Å². The molecule has 1 amide bonds. The predicted molar refractivity (Wildman–Crippen MR) is 75.6 cm³/mol. The van der Waals surface area contributed by atoms with E-state index in [-0.39, 0.29) is 5.91 Å². The number of carbonyl (C=O) groups excluding carboxylic acids is 2. The smallest absolute Gasteiger partial charge is 0.337 e. The number of aliphatic hydroxyl groups is 1. The van der Waals surface area contributed by atoms with E-state index >= 15 is 0 Å². The van der Waals surface area contributed by atoms with Gasteiger partial charge in [-0.25, -0.2) is 4.79 Å². The van der Waals surface area contributed by atoms with Crippen molar-refractivity contribution in [3.8, 4) is 0 Å². The highest BCUT2D eigenvalue weighted by Gasteiger charge is 2.52. The first-order chi connectivity index (χ1) is 9.48. The van der Waals surface area contributed by atoms with Crippen LogP contribution in [0.2, 0.25) is 0 Å². The van der Waals surface area contributed by atoms with Gasteiger partial charge in [-0.1, -0.05) is 15.9 Å². The van der Waals surface area contributed by atoms with Crippen molar-refractivity contribution in [2.45, 2.75) is 30.8 Å². The molecule has 2 N–H and O–H groups in total. The van der Waals surface area contributed by atoms with Crippen molar-refractivity contribution in [1.29, 1.82) is 0 Å². The molecular weight excluding hydrogens is 326 g/mol. The number of amides is 1. The molecule has 1 heterocycles. The van der Waals surface area contributed by atoms with Gasteiger partial charge < -0.3 is 15.2 Å². The van der Waals surface area contributed by atoms with E-state index in [1.54, 1.807) is 12.1 Å². The van der Waals surface area contributed by atoms with Crippen LogP contribution in [0.3, 0.4) is 0 Å². The molecule has 0 bridgehead atoms. The summed E-state index contributed by atoms with van der Waals surface area (Å²) in [4.78, 5) is 24.0. The Labute approximate surface area is 124 Å². The Morgan fingerprint density at radius 2 is 2.30 bits per heavy atom. The lowest BCUT2D eigenvalue weighted by Gasteiger charge is -2.22. The highest BCUT2D eigenvalue weighted by molar-refractivity contribution is 9.10. The van der Waals surface area contributed by atoms with Gasteiger partial charge in [-0.3, -0.25) is 4.79 Å². The van der Waals surface area contributed by atoms with Crippen molar-refractivity contribution in [3.05, 3.63) is 27.7 Å². The van der Waals surface area contributed by atoms with Crippen LogP contribution in [-0.2, 0) is 14.9 Å². The van der Waals surface area contributed by atoms with E-state index in [1.165, 1.54) is 7.11 Å². The predicted octanol–water partition coefficient (Wildman–Crippen LogP) is 1.97. The first-order valence-electron chi connectivity index (χ1n) is 6.40. The molecule has 2 atom stereocenters. The van der Waals surface area contributed by atoms with Crippen LogP contribution in [0, 0.1) is 0 Å². The first kappa shape index (κ1) is 13.6. The summed E-state index contributed by atoms with van der Waals surface area (Å²) in [6.45, 7) is 0. The number of anilines is 1. The fourth-order valence-electron chi connectivity index (χ4n) is 3.24. The van der Waals surface area contributed by atoms with Gasteiger partial charge in [0.05, 0.1) is 24.2 Å². The van der Waals surface area contributed by atoms with Gasteiger partial charge in [-0.2, -0.15) is 0 Å². The van der Waals surface area contributed by atoms with E-state index in [1.807, 2.05) is 0 Å². The highest BCUT2D eigenvalue weighted by atomic mass is 79.9. The monoisotopic (exact) mass is 339 g/mol. The van der Waals surface area contributed by atoms with Gasteiger partial charge in [0.25, 0.3) is 0 Å². The second-order valence-corrected chi connectivity index (χ2v) is 6.16. The minimum Gasteiger partial charge on any atom is -0.465 e. The number of aliphatic hydroxyl groups excluding tert-OH is 1. The zero-order valence-corrected chi connectivity index (χ0v) is 12.5. The van der Waals surface area contributed by atoms with Crippen LogP contribution in [0.4, 0.5) is 5.69 Å². The third-order valence-electron chi connectivity index (χ3n) is 4.16. The Bertz CT molecular complexity index is 615. The Kier molecular flexibility index (Phi) is 3.10. The van der Waals surface area contributed by atoms with E-state index in [2.05, 4.69) is 21.2 Å². The van der Waals surface area contributed by atoms with Gasteiger partial charge in [0.2, 0.25) is 5.91 Å². The molecular formula is C14H14BrNO4. The van der Waals surface area contributed by atoms with Crippen LogP contribution in [0.5, 0.6) is 0 Å². The maximum atomic E-state index is 12.3. The van der Waals surface area contributed by atoms with Gasteiger partial charge in [0, 0.05) is 15.7 Å². The molecule has 20 heavy (non-hydrogen) atoms. The maximum absolute atomic E-state index is 12.3. The number of nitrogens with one attached hydrogen (secondary N) is 1. The van der Waals surface area contributed by atoms with Crippen molar-refractivity contribution >= 4 is 33.5 Å². The van der Waals surface area contributed by atoms with Gasteiger partial charge >= 0.3 is 5.97 Å². The molecule has 0 aromatic heterocycles. The average Bonchev–Trinajstić information content (AvgIpc) is 2.91. The number of hydrogen-bond acceptors (Lipinski definition) is 4. The lowest BCUT2D eigenvalue weighted by atomic mass is 9.80. The average molecular weight is 340 g/mol. The minimum absolute atomic E-state index is 0.105. The molecule has 5 nitrogen and oxygen atoms in total. The van der Waals surface area contributed by atoms with Crippen LogP contribution >= 0.6 is 15.9 Å². The number of esters is 1. The lowest BCUT2D eigenvalue weighted by Crippen LogP contribution is -2.32. The molecule has 2 unspecified atom stereocenters. The maximum Gasteiger partial charge on any atom is 0.337 e. The van der Waals surface area contributed by atoms with Crippen LogP contribution in [0.25, 0.3) is 0 Å². The van der Waals surface area contributed by atoms with Crippen molar-refractivity contribution in [3.63, 3.8) is 0 Å². The fraction of sp³-hybridized carbons (Fsp3) is 0.429. The Morgan fingerprint density at radius 1 is 1.55 bits per heavy atom. The standard InChI is InChI=1S/C14H14BrNO4/c1-20-12(18)7-4-9(15)11-10(5-7)16-13(19)14(11)3-2-8(17)6-14/h4-5,8,17H,2-3,6H2,1H3,(H,16,19). The molecule has 3 rings (SSSR count). The van der Waals surface area contributed by atoms with Crippen LogP contribution in [0.15, 0.2) is 16.6 Å². The molecule has 0 saturated heterocycles. The SMILES string of the molecule is COC(=O)c1cc(Br)c2c(c1)NC(=O)C21CCC(O)C1. The van der Waals surface area contributed by atoms with E-state index in [9.17, 15) is 14.7 Å². The summed E-state index contributed by atoms with van der Waals surface area (Å²) in [5, 5.41) is 12.6. The summed E-state index contributed by atoms with van der Waals surface area (Å²) >= 11 is 3.45. The van der Waals surface area contributed by atoms with E-state index < -0.39 is 17.5 Å². The summed E-state index contributed by atoms with van der Waals surface area (Å²) < 4.78 is 5.40. The second-order valence-electron chi connectivity index (χ2n) is 5.31. The summed E-state index contributed by atoms with van der Waals surface area (Å²) in [7, 11) is 1.32. The summed E-state index contributed by atoms with van der Waals surface area (Å²) in [5.74, 6) is -0.554. The zero-order chi connectivity index (χ0) is 14.5. The Balaban J connectivity index is 2.13. The third-order valence-corrected chi connectivity index (χ3v) is 4.79. The van der Waals surface area contributed by atoms with Gasteiger partial charge in [0.1, 0.15) is 0 Å². The number of fused-ring (bicyclic) bond motifs is 2. The van der Waals surface area contributed by atoms with Crippen LogP contribution < -0.4 is 5.32 Å². The molecule has 1 spiro atoms. The fourth-order valence-corrected chi connectivity index (χ4v) is 4.08. The van der Waals surface area contributed by atoms with Gasteiger partial charge in [0.15, 0.2) is 0 Å². The molecule has 106 valence electrons. The minimum atomic E-state index is -0.678. The van der Waals surface area contributed by atoms with Gasteiger partial charge in [-0.15, -0.1) is 0 Å². The Morgan fingerprint density at radius 3 is 2.90 bits per heavy atom. The van der Waals surface area contributed by atoms with Crippen LogP contribution in [0.1, 0.15) is 35.2 Å². The third kappa shape index (κ3) is 1.78. The molecule has 1 aromatic carbocycles. The number of ether oxygens (including phenoxy) is 1. The molecule has 1 aromatic rings. The number of halogens is 1. The van der Waals surface area contributed by atoms with E-state index in [0.717, 1.165) is 5.56 Å². The quantitative estimate of drug-likeness (QED) is 0.767. The molecule has 6 heteroatoms. The molecule has 1 saturated carbocycles. The van der Waals surface area contributed by atoms with Crippen molar-refractivity contribution in [1.82, 2.24) is 0 Å². The largest absolute Gasteiger partial charge is 0.465 e. The van der Waals surface area contributed by atoms with Crippen molar-refractivity contribution < 1.29 is 19.4 Å². The molecule has 2 aliphatic rings. The molecule has 1 aliphatic heterocycles. The highest BCUT2D eigenvalue weighted by Crippen LogP contribution is 2.51. The Hall–Kier alpha value is -1.40. The number of rotatable bonds is 1. The second kappa shape index (κ2) is 4.56. The number of methoxy groups -OCH3 is 1. The first-order valence-corrected chi connectivity index (χ1v) is 7.19. The summed E-state index contributed by atoms with van der Waals surface area (Å²) in [6.07, 6.45) is 1.18. The van der Waals surface area contributed by atoms with E-state index in [0.29, 0.717) is 35.0 Å².